The molecule has 6 rings (SSSR count). The van der Waals surface area contributed by atoms with E-state index in [0.29, 0.717) is 30.3 Å². The number of rotatable bonds is 22. The number of carbonyl (C=O) groups is 2. The highest BCUT2D eigenvalue weighted by Crippen LogP contribution is 2.36. The monoisotopic (exact) mass is 1010 g/mol. The summed E-state index contributed by atoms with van der Waals surface area (Å²) in [6.45, 7) is 27.1. The van der Waals surface area contributed by atoms with Crippen LogP contribution in [0.5, 0.6) is 23.0 Å². The van der Waals surface area contributed by atoms with Crippen LogP contribution in [0.3, 0.4) is 0 Å². The lowest BCUT2D eigenvalue weighted by atomic mass is 9.78. The first-order valence-electron chi connectivity index (χ1n) is 24.7. The van der Waals surface area contributed by atoms with Gasteiger partial charge in [0.1, 0.15) is 23.0 Å². The van der Waals surface area contributed by atoms with Gasteiger partial charge in [0, 0.05) is 16.2 Å². The Bertz CT molecular complexity index is 2630. The van der Waals surface area contributed by atoms with E-state index in [4.69, 9.17) is 31.9 Å². The van der Waals surface area contributed by atoms with Crippen molar-refractivity contribution in [1.29, 1.82) is 0 Å². The van der Waals surface area contributed by atoms with Crippen LogP contribution >= 0.6 is 0 Å². The maximum Gasteiger partial charge on any atom is 0.519 e. The summed E-state index contributed by atoms with van der Waals surface area (Å²) in [6.07, 6.45) is 0.0732. The third-order valence-corrected chi connectivity index (χ3v) is 24.7. The van der Waals surface area contributed by atoms with Gasteiger partial charge in [0.25, 0.3) is 0 Å². The Labute approximate surface area is 426 Å². The molecule has 0 heterocycles. The van der Waals surface area contributed by atoms with E-state index in [1.807, 2.05) is 97.1 Å². The van der Waals surface area contributed by atoms with Crippen LogP contribution in [0, 0.1) is 0 Å². The average Bonchev–Trinajstić information content (AvgIpc) is 3.32. The Morgan fingerprint density at radius 1 is 0.380 bits per heavy atom. The van der Waals surface area contributed by atoms with E-state index < -0.39 is 37.5 Å². The average molecular weight is 1010 g/mol. The summed E-state index contributed by atoms with van der Waals surface area (Å²) < 4.78 is 41.8. The molecule has 6 aromatic carbocycles. The SMILES string of the molecule is CC(C)(c1ccccc1)c1ccc(OC(=O)OCCC[Si](C)(C)O[Si](C)(C)O[Si](C)(C)CCCOc2ccc(C(C)(C)c3ccc(OC(=O)Oc4ccc(C(C)(C)c5ccccc5)cc4)cc3)cc2)cc1. The predicted octanol–water partition coefficient (Wildman–Crippen LogP) is 15.8. The first kappa shape index (κ1) is 54.6. The van der Waals surface area contributed by atoms with Crippen LogP contribution in [0.4, 0.5) is 9.59 Å². The van der Waals surface area contributed by atoms with Crippen molar-refractivity contribution in [1.82, 2.24) is 0 Å². The van der Waals surface area contributed by atoms with Crippen molar-refractivity contribution in [2.75, 3.05) is 13.2 Å². The third kappa shape index (κ3) is 15.6. The quantitative estimate of drug-likeness (QED) is 0.0285. The molecule has 376 valence electrons. The molecule has 0 atom stereocenters. The summed E-state index contributed by atoms with van der Waals surface area (Å²) in [5, 5.41) is 0. The van der Waals surface area contributed by atoms with Gasteiger partial charge in [-0.05, 0) is 146 Å². The lowest BCUT2D eigenvalue weighted by molar-refractivity contribution is 0.0988. The fourth-order valence-corrected chi connectivity index (χ4v) is 23.1. The van der Waals surface area contributed by atoms with Gasteiger partial charge < -0.3 is 31.9 Å². The number of ether oxygens (including phenoxy) is 5. The highest BCUT2D eigenvalue weighted by Gasteiger charge is 2.39. The molecular weight excluding hydrogens is 937 g/mol. The highest BCUT2D eigenvalue weighted by atomic mass is 28.5. The van der Waals surface area contributed by atoms with Gasteiger partial charge in [-0.25, -0.2) is 9.59 Å². The van der Waals surface area contributed by atoms with E-state index in [9.17, 15) is 9.59 Å². The van der Waals surface area contributed by atoms with Crippen LogP contribution in [-0.4, -0.2) is 50.7 Å². The van der Waals surface area contributed by atoms with Crippen molar-refractivity contribution >= 4 is 37.5 Å². The molecule has 0 saturated heterocycles. The van der Waals surface area contributed by atoms with Gasteiger partial charge in [-0.1, -0.05) is 151 Å². The summed E-state index contributed by atoms with van der Waals surface area (Å²) in [7, 11) is -6.62. The molecule has 0 saturated carbocycles. The molecule has 0 aliphatic rings. The van der Waals surface area contributed by atoms with E-state index in [0.717, 1.165) is 46.5 Å². The lowest BCUT2D eigenvalue weighted by Crippen LogP contribution is -2.52. The Kier molecular flexibility index (Phi) is 17.8. The van der Waals surface area contributed by atoms with E-state index >= 15 is 0 Å². The zero-order valence-corrected chi connectivity index (χ0v) is 46.9. The Morgan fingerprint density at radius 2 is 0.676 bits per heavy atom. The second kappa shape index (κ2) is 23.2. The Hall–Kier alpha value is -5.77. The Morgan fingerprint density at radius 3 is 1.03 bits per heavy atom. The molecule has 0 aliphatic heterocycles. The highest BCUT2D eigenvalue weighted by molar-refractivity contribution is 6.87. The minimum Gasteiger partial charge on any atom is -0.494 e. The normalized spacial score (nSPS) is 12.5. The van der Waals surface area contributed by atoms with Crippen molar-refractivity contribution in [3.8, 4) is 23.0 Å². The van der Waals surface area contributed by atoms with Gasteiger partial charge in [-0.2, -0.15) is 0 Å². The first-order valence-corrected chi connectivity index (χ1v) is 33.8. The van der Waals surface area contributed by atoms with Gasteiger partial charge in [-0.15, -0.1) is 0 Å². The van der Waals surface area contributed by atoms with Crippen LogP contribution in [0.1, 0.15) is 87.8 Å². The molecule has 12 heteroatoms. The molecule has 0 radical (unpaired) electrons. The minimum absolute atomic E-state index is 0.180. The second-order valence-corrected chi connectivity index (χ2v) is 34.0. The smallest absolute Gasteiger partial charge is 0.494 e. The maximum absolute atomic E-state index is 12.7. The molecule has 6 aromatic rings. The zero-order chi connectivity index (χ0) is 51.5. The fraction of sp³-hybridized carbons (Fsp3) is 0.356. The number of hydrogen-bond acceptors (Lipinski definition) is 9. The van der Waals surface area contributed by atoms with Gasteiger partial charge in [0.2, 0.25) is 0 Å². The number of carbonyl (C=O) groups excluding carboxylic acids is 2. The van der Waals surface area contributed by atoms with Crippen molar-refractivity contribution in [2.24, 2.45) is 0 Å². The number of benzene rings is 6. The molecule has 0 amide bonds. The molecule has 71 heavy (non-hydrogen) atoms. The molecular formula is C59H74O9Si3. The molecule has 0 spiro atoms. The molecule has 0 bridgehead atoms. The maximum atomic E-state index is 12.7. The molecule has 0 aliphatic carbocycles. The number of hydrogen-bond donors (Lipinski definition) is 0. The zero-order valence-electron chi connectivity index (χ0n) is 43.9. The van der Waals surface area contributed by atoms with E-state index in [1.165, 1.54) is 11.1 Å². The standard InChI is InChI=1S/C59H74O9Si3/c1-57(2,45-21-15-13-16-22-45)48-27-35-52(36-28-48)64-55(60)63-42-20-44-70(9,10)68-71(11,12)67-69(7,8)43-19-41-62-51-33-25-47(26-34-51)59(5,6)50-31-39-54(40-32-50)66-56(61)65-53-37-29-49(30-38-53)58(3,4)46-23-17-14-18-24-46/h13-18,21-40H,19-20,41-44H2,1-12H3. The molecule has 0 unspecified atom stereocenters. The molecule has 0 fully saturated rings. The molecule has 9 nitrogen and oxygen atoms in total. The summed E-state index contributed by atoms with van der Waals surface area (Å²) in [4.78, 5) is 25.2. The summed E-state index contributed by atoms with van der Waals surface area (Å²) >= 11 is 0. The largest absolute Gasteiger partial charge is 0.519 e. The van der Waals surface area contributed by atoms with E-state index in [-0.39, 0.29) is 22.9 Å². The van der Waals surface area contributed by atoms with Crippen LogP contribution in [-0.2, 0) is 29.2 Å². The van der Waals surface area contributed by atoms with Gasteiger partial charge in [0.15, 0.2) is 16.6 Å². The van der Waals surface area contributed by atoms with Crippen LogP contribution in [0.2, 0.25) is 51.4 Å². The van der Waals surface area contributed by atoms with E-state index in [2.05, 4.69) is 117 Å². The molecule has 0 aromatic heterocycles. The third-order valence-electron chi connectivity index (χ3n) is 13.3. The van der Waals surface area contributed by atoms with E-state index in [1.54, 1.807) is 24.3 Å². The van der Waals surface area contributed by atoms with Crippen molar-refractivity contribution in [3.63, 3.8) is 0 Å². The van der Waals surface area contributed by atoms with Gasteiger partial charge >= 0.3 is 20.9 Å². The molecule has 0 N–H and O–H groups in total. The summed E-state index contributed by atoms with van der Waals surface area (Å²) in [5.74, 6) is 2.10. The Balaban J connectivity index is 0.876. The first-order chi connectivity index (χ1) is 33.4. The predicted molar refractivity (Wildman–Crippen MR) is 293 cm³/mol. The minimum atomic E-state index is -2.44. The van der Waals surface area contributed by atoms with Gasteiger partial charge in [-0.3, -0.25) is 0 Å². The topological polar surface area (TPSA) is 98.8 Å². The fourth-order valence-electron chi connectivity index (χ4n) is 9.13. The lowest BCUT2D eigenvalue weighted by Gasteiger charge is -2.38. The second-order valence-electron chi connectivity index (χ2n) is 21.5. The van der Waals surface area contributed by atoms with Crippen molar-refractivity contribution in [2.45, 2.75) is 122 Å². The van der Waals surface area contributed by atoms with Crippen LogP contribution in [0.15, 0.2) is 158 Å². The summed E-state index contributed by atoms with van der Waals surface area (Å²) in [5.41, 5.74) is 6.19. The van der Waals surface area contributed by atoms with Gasteiger partial charge in [0.05, 0.1) is 13.2 Å². The van der Waals surface area contributed by atoms with Crippen molar-refractivity contribution < 1.29 is 41.5 Å². The van der Waals surface area contributed by atoms with Crippen LogP contribution in [0.25, 0.3) is 0 Å². The van der Waals surface area contributed by atoms with Crippen molar-refractivity contribution in [3.05, 3.63) is 191 Å². The van der Waals surface area contributed by atoms with Crippen LogP contribution < -0.4 is 18.9 Å². The summed E-state index contributed by atoms with van der Waals surface area (Å²) in [6, 6.07) is 53.4.